The van der Waals surface area contributed by atoms with E-state index in [0.29, 0.717) is 5.02 Å². The van der Waals surface area contributed by atoms with E-state index in [4.69, 9.17) is 16.3 Å². The van der Waals surface area contributed by atoms with Crippen molar-refractivity contribution in [3.8, 4) is 0 Å². The Morgan fingerprint density at radius 2 is 2.40 bits per heavy atom. The SMILES string of the molecule is Clc1cnccc1NCCOCC1CC1. The average molecular weight is 227 g/mol. The predicted molar refractivity (Wildman–Crippen MR) is 61.3 cm³/mol. The number of halogens is 1. The number of hydrogen-bond acceptors (Lipinski definition) is 3. The molecule has 0 aliphatic heterocycles. The van der Waals surface area contributed by atoms with Crippen LogP contribution in [0.5, 0.6) is 0 Å². The maximum atomic E-state index is 5.93. The zero-order chi connectivity index (χ0) is 10.5. The van der Waals surface area contributed by atoms with Gasteiger partial charge in [0.05, 0.1) is 17.3 Å². The molecule has 1 aliphatic rings. The Hall–Kier alpha value is -0.800. The molecule has 1 fully saturated rings. The molecular formula is C11H15ClN2O. The van der Waals surface area contributed by atoms with Crippen LogP contribution in [-0.2, 0) is 4.74 Å². The second-order valence-corrected chi connectivity index (χ2v) is 4.21. The molecule has 0 radical (unpaired) electrons. The van der Waals surface area contributed by atoms with Crippen LogP contribution in [0.2, 0.25) is 5.02 Å². The summed E-state index contributed by atoms with van der Waals surface area (Å²) in [5.74, 6) is 0.828. The number of aromatic nitrogens is 1. The third kappa shape index (κ3) is 3.68. The van der Waals surface area contributed by atoms with Crippen LogP contribution in [0.3, 0.4) is 0 Å². The number of hydrogen-bond donors (Lipinski definition) is 1. The second kappa shape index (κ2) is 5.33. The summed E-state index contributed by atoms with van der Waals surface area (Å²) in [5, 5.41) is 3.86. The van der Waals surface area contributed by atoms with Crippen LogP contribution in [-0.4, -0.2) is 24.7 Å². The molecule has 1 aliphatic carbocycles. The minimum absolute atomic E-state index is 0.652. The number of pyridine rings is 1. The first-order valence-electron chi connectivity index (χ1n) is 5.27. The second-order valence-electron chi connectivity index (χ2n) is 3.80. The van der Waals surface area contributed by atoms with E-state index in [-0.39, 0.29) is 0 Å². The molecule has 15 heavy (non-hydrogen) atoms. The molecule has 2 rings (SSSR count). The maximum Gasteiger partial charge on any atom is 0.0820 e. The Morgan fingerprint density at radius 1 is 1.53 bits per heavy atom. The minimum atomic E-state index is 0.652. The smallest absolute Gasteiger partial charge is 0.0820 e. The first-order chi connectivity index (χ1) is 7.36. The molecule has 0 saturated heterocycles. The molecule has 0 unspecified atom stereocenters. The van der Waals surface area contributed by atoms with Crippen LogP contribution in [0.15, 0.2) is 18.5 Å². The Balaban J connectivity index is 1.62. The summed E-state index contributed by atoms with van der Waals surface area (Å²) in [5.41, 5.74) is 0.918. The molecule has 1 aromatic rings. The third-order valence-corrected chi connectivity index (χ3v) is 2.69. The monoisotopic (exact) mass is 226 g/mol. The lowest BCUT2D eigenvalue weighted by Crippen LogP contribution is -2.10. The lowest BCUT2D eigenvalue weighted by molar-refractivity contribution is 0.134. The lowest BCUT2D eigenvalue weighted by Gasteiger charge is -2.07. The predicted octanol–water partition coefficient (Wildman–Crippen LogP) is 2.57. The number of nitrogens with one attached hydrogen (secondary N) is 1. The number of anilines is 1. The van der Waals surface area contributed by atoms with Gasteiger partial charge in [-0.05, 0) is 24.8 Å². The molecule has 3 nitrogen and oxygen atoms in total. The van der Waals surface area contributed by atoms with E-state index in [2.05, 4.69) is 10.3 Å². The van der Waals surface area contributed by atoms with E-state index < -0.39 is 0 Å². The topological polar surface area (TPSA) is 34.2 Å². The van der Waals surface area contributed by atoms with Gasteiger partial charge in [0.1, 0.15) is 0 Å². The largest absolute Gasteiger partial charge is 0.381 e. The van der Waals surface area contributed by atoms with E-state index >= 15 is 0 Å². The standard InChI is InChI=1S/C11H15ClN2O/c12-10-7-13-4-3-11(10)14-5-6-15-8-9-1-2-9/h3-4,7,9H,1-2,5-6,8H2,(H,13,14). The molecule has 82 valence electrons. The van der Waals surface area contributed by atoms with E-state index in [0.717, 1.165) is 31.4 Å². The van der Waals surface area contributed by atoms with E-state index in [1.165, 1.54) is 12.8 Å². The van der Waals surface area contributed by atoms with Crippen molar-refractivity contribution in [1.82, 2.24) is 4.98 Å². The van der Waals surface area contributed by atoms with Gasteiger partial charge in [0, 0.05) is 25.5 Å². The van der Waals surface area contributed by atoms with E-state index in [1.807, 2.05) is 6.07 Å². The highest BCUT2D eigenvalue weighted by atomic mass is 35.5. The summed E-state index contributed by atoms with van der Waals surface area (Å²) < 4.78 is 5.50. The molecule has 1 aromatic heterocycles. The van der Waals surface area contributed by atoms with Crippen LogP contribution in [0.25, 0.3) is 0 Å². The summed E-state index contributed by atoms with van der Waals surface area (Å²) in [6.07, 6.45) is 6.03. The van der Waals surface area contributed by atoms with Crippen LogP contribution in [0, 0.1) is 5.92 Å². The van der Waals surface area contributed by atoms with Gasteiger partial charge in [0.25, 0.3) is 0 Å². The molecule has 1 heterocycles. The van der Waals surface area contributed by atoms with Gasteiger partial charge in [0.2, 0.25) is 0 Å². The molecule has 0 bridgehead atoms. The van der Waals surface area contributed by atoms with Crippen LogP contribution in [0.4, 0.5) is 5.69 Å². The van der Waals surface area contributed by atoms with Gasteiger partial charge < -0.3 is 10.1 Å². The molecule has 1 N–H and O–H groups in total. The van der Waals surface area contributed by atoms with Crippen molar-refractivity contribution in [2.75, 3.05) is 25.1 Å². The molecule has 0 aromatic carbocycles. The summed E-state index contributed by atoms with van der Waals surface area (Å²) in [4.78, 5) is 3.92. The van der Waals surface area contributed by atoms with Gasteiger partial charge in [-0.3, -0.25) is 4.98 Å². The van der Waals surface area contributed by atoms with E-state index in [9.17, 15) is 0 Å². The van der Waals surface area contributed by atoms with Crippen molar-refractivity contribution >= 4 is 17.3 Å². The Labute approximate surface area is 94.8 Å². The highest BCUT2D eigenvalue weighted by Gasteiger charge is 2.20. The Kier molecular flexibility index (Phi) is 3.80. The molecule has 0 atom stereocenters. The Morgan fingerprint density at radius 3 is 3.13 bits per heavy atom. The quantitative estimate of drug-likeness (QED) is 0.758. The van der Waals surface area contributed by atoms with Gasteiger partial charge in [-0.1, -0.05) is 11.6 Å². The maximum absolute atomic E-state index is 5.93. The Bertz CT molecular complexity index is 315. The minimum Gasteiger partial charge on any atom is -0.381 e. The first-order valence-corrected chi connectivity index (χ1v) is 5.65. The zero-order valence-electron chi connectivity index (χ0n) is 8.58. The summed E-state index contributed by atoms with van der Waals surface area (Å²) in [6.45, 7) is 2.43. The summed E-state index contributed by atoms with van der Waals surface area (Å²) in [6, 6.07) is 1.86. The number of ether oxygens (including phenoxy) is 1. The molecule has 1 saturated carbocycles. The molecule has 4 heteroatoms. The third-order valence-electron chi connectivity index (χ3n) is 2.38. The van der Waals surface area contributed by atoms with Crippen molar-refractivity contribution in [3.05, 3.63) is 23.5 Å². The molecule has 0 spiro atoms. The molecular weight excluding hydrogens is 212 g/mol. The van der Waals surface area contributed by atoms with Crippen LogP contribution >= 0.6 is 11.6 Å². The van der Waals surface area contributed by atoms with Crippen molar-refractivity contribution < 1.29 is 4.74 Å². The highest BCUT2D eigenvalue weighted by Crippen LogP contribution is 2.28. The van der Waals surface area contributed by atoms with Crippen LogP contribution < -0.4 is 5.32 Å². The summed E-state index contributed by atoms with van der Waals surface area (Å²) >= 11 is 5.93. The fourth-order valence-electron chi connectivity index (χ4n) is 1.31. The van der Waals surface area contributed by atoms with Crippen molar-refractivity contribution in [2.24, 2.45) is 5.92 Å². The molecule has 0 amide bonds. The van der Waals surface area contributed by atoms with Gasteiger partial charge in [-0.25, -0.2) is 0 Å². The average Bonchev–Trinajstić information content (AvgIpc) is 3.04. The van der Waals surface area contributed by atoms with Crippen molar-refractivity contribution in [1.29, 1.82) is 0 Å². The van der Waals surface area contributed by atoms with Crippen LogP contribution in [0.1, 0.15) is 12.8 Å². The first kappa shape index (κ1) is 10.7. The highest BCUT2D eigenvalue weighted by molar-refractivity contribution is 6.33. The number of rotatable bonds is 6. The van der Waals surface area contributed by atoms with Gasteiger partial charge in [0.15, 0.2) is 0 Å². The van der Waals surface area contributed by atoms with Crippen molar-refractivity contribution in [3.63, 3.8) is 0 Å². The number of nitrogens with zero attached hydrogens (tertiary/aromatic N) is 1. The van der Waals surface area contributed by atoms with Gasteiger partial charge >= 0.3 is 0 Å². The lowest BCUT2D eigenvalue weighted by atomic mass is 10.4. The van der Waals surface area contributed by atoms with Gasteiger partial charge in [-0.15, -0.1) is 0 Å². The van der Waals surface area contributed by atoms with Crippen molar-refractivity contribution in [2.45, 2.75) is 12.8 Å². The fourth-order valence-corrected chi connectivity index (χ4v) is 1.50. The zero-order valence-corrected chi connectivity index (χ0v) is 9.33. The fraction of sp³-hybridized carbons (Fsp3) is 0.545. The van der Waals surface area contributed by atoms with E-state index in [1.54, 1.807) is 12.4 Å². The summed E-state index contributed by atoms with van der Waals surface area (Å²) in [7, 11) is 0. The normalized spacial score (nSPS) is 15.3. The van der Waals surface area contributed by atoms with Gasteiger partial charge in [-0.2, -0.15) is 0 Å².